The first kappa shape index (κ1) is 15.4. The summed E-state index contributed by atoms with van der Waals surface area (Å²) in [5, 5.41) is 3.93. The summed E-state index contributed by atoms with van der Waals surface area (Å²) in [6.07, 6.45) is 3.28. The fourth-order valence-electron chi connectivity index (χ4n) is 2.03. The summed E-state index contributed by atoms with van der Waals surface area (Å²) in [4.78, 5) is 21.9. The topological polar surface area (TPSA) is 64.1 Å². The maximum absolute atomic E-state index is 12.1. The number of pyridine rings is 1. The van der Waals surface area contributed by atoms with Crippen LogP contribution >= 0.6 is 11.3 Å². The van der Waals surface area contributed by atoms with E-state index >= 15 is 0 Å². The molecule has 21 heavy (non-hydrogen) atoms. The monoisotopic (exact) mass is 305 g/mol. The molecule has 0 radical (unpaired) electrons. The van der Waals surface area contributed by atoms with Crippen molar-refractivity contribution in [2.24, 2.45) is 0 Å². The second-order valence-corrected chi connectivity index (χ2v) is 5.82. The van der Waals surface area contributed by atoms with Gasteiger partial charge in [0.15, 0.2) is 0 Å². The highest BCUT2D eigenvalue weighted by Crippen LogP contribution is 2.18. The molecule has 1 N–H and O–H groups in total. The van der Waals surface area contributed by atoms with Gasteiger partial charge < -0.3 is 10.1 Å². The van der Waals surface area contributed by atoms with Crippen molar-refractivity contribution in [3.8, 4) is 5.88 Å². The molecule has 112 valence electrons. The van der Waals surface area contributed by atoms with Crippen LogP contribution in [0.25, 0.3) is 0 Å². The van der Waals surface area contributed by atoms with Crippen molar-refractivity contribution in [2.45, 2.75) is 26.7 Å². The van der Waals surface area contributed by atoms with Gasteiger partial charge in [-0.05, 0) is 25.5 Å². The number of ether oxygens (including phenoxy) is 1. The van der Waals surface area contributed by atoms with Crippen LogP contribution in [0.1, 0.15) is 32.9 Å². The molecule has 2 aromatic rings. The standard InChI is InChI=1S/C15H19N3O2S/c1-4-12-10(2)21-13(18-12)7-9-16-14(19)11-6-5-8-17-15(11)20-3/h5-6,8H,4,7,9H2,1-3H3,(H,16,19). The number of hydrogen-bond acceptors (Lipinski definition) is 5. The second kappa shape index (κ2) is 7.17. The highest BCUT2D eigenvalue weighted by Gasteiger charge is 2.12. The van der Waals surface area contributed by atoms with Gasteiger partial charge in [-0.3, -0.25) is 4.79 Å². The lowest BCUT2D eigenvalue weighted by Crippen LogP contribution is -2.26. The Hall–Kier alpha value is -1.95. The highest BCUT2D eigenvalue weighted by atomic mass is 32.1. The van der Waals surface area contributed by atoms with Crippen molar-refractivity contribution >= 4 is 17.2 Å². The van der Waals surface area contributed by atoms with Crippen LogP contribution in [0.15, 0.2) is 18.3 Å². The first-order valence-electron chi connectivity index (χ1n) is 6.88. The molecule has 6 heteroatoms. The van der Waals surface area contributed by atoms with Crippen molar-refractivity contribution in [2.75, 3.05) is 13.7 Å². The summed E-state index contributed by atoms with van der Waals surface area (Å²) < 4.78 is 5.08. The number of methoxy groups -OCH3 is 1. The number of rotatable bonds is 6. The van der Waals surface area contributed by atoms with Gasteiger partial charge in [-0.15, -0.1) is 11.3 Å². The average molecular weight is 305 g/mol. The van der Waals surface area contributed by atoms with Crippen LogP contribution in [0.2, 0.25) is 0 Å². The Balaban J connectivity index is 1.92. The molecular formula is C15H19N3O2S. The lowest BCUT2D eigenvalue weighted by atomic mass is 10.2. The molecule has 0 aromatic carbocycles. The smallest absolute Gasteiger partial charge is 0.256 e. The average Bonchev–Trinajstić information content (AvgIpc) is 2.87. The van der Waals surface area contributed by atoms with E-state index in [-0.39, 0.29) is 5.91 Å². The summed E-state index contributed by atoms with van der Waals surface area (Å²) in [6, 6.07) is 3.42. The Kier molecular flexibility index (Phi) is 5.27. The van der Waals surface area contributed by atoms with E-state index in [1.54, 1.807) is 29.7 Å². The number of carbonyl (C=O) groups excluding carboxylic acids is 1. The van der Waals surface area contributed by atoms with Crippen LogP contribution in [0.5, 0.6) is 5.88 Å². The Morgan fingerprint density at radius 2 is 2.29 bits per heavy atom. The maximum atomic E-state index is 12.1. The largest absolute Gasteiger partial charge is 0.480 e. The number of aryl methyl sites for hydroxylation is 2. The maximum Gasteiger partial charge on any atom is 0.256 e. The number of carbonyl (C=O) groups is 1. The molecule has 0 aliphatic heterocycles. The molecule has 2 rings (SSSR count). The lowest BCUT2D eigenvalue weighted by Gasteiger charge is -2.07. The Labute approximate surface area is 128 Å². The van der Waals surface area contributed by atoms with Gasteiger partial charge in [0.2, 0.25) is 5.88 Å². The van der Waals surface area contributed by atoms with E-state index in [1.165, 1.54) is 12.0 Å². The quantitative estimate of drug-likeness (QED) is 0.890. The van der Waals surface area contributed by atoms with E-state index < -0.39 is 0 Å². The van der Waals surface area contributed by atoms with Gasteiger partial charge >= 0.3 is 0 Å². The Morgan fingerprint density at radius 1 is 1.48 bits per heavy atom. The zero-order chi connectivity index (χ0) is 15.2. The zero-order valence-corrected chi connectivity index (χ0v) is 13.3. The number of amides is 1. The first-order valence-corrected chi connectivity index (χ1v) is 7.69. The number of thiazole rings is 1. The Bertz CT molecular complexity index is 625. The molecule has 2 aromatic heterocycles. The van der Waals surface area contributed by atoms with Crippen LogP contribution in [0.4, 0.5) is 0 Å². The van der Waals surface area contributed by atoms with Crippen LogP contribution in [0, 0.1) is 6.92 Å². The third kappa shape index (κ3) is 3.78. The molecule has 1 amide bonds. The van der Waals surface area contributed by atoms with Gasteiger partial charge in [-0.2, -0.15) is 0 Å². The minimum absolute atomic E-state index is 0.177. The van der Waals surface area contributed by atoms with Crippen molar-refractivity contribution in [1.29, 1.82) is 0 Å². The minimum atomic E-state index is -0.177. The van der Waals surface area contributed by atoms with Crippen molar-refractivity contribution in [1.82, 2.24) is 15.3 Å². The fourth-order valence-corrected chi connectivity index (χ4v) is 3.05. The molecule has 0 fully saturated rings. The highest BCUT2D eigenvalue weighted by molar-refractivity contribution is 7.11. The van der Waals surface area contributed by atoms with Crippen LogP contribution < -0.4 is 10.1 Å². The molecule has 0 saturated carbocycles. The summed E-state index contributed by atoms with van der Waals surface area (Å²) in [7, 11) is 1.50. The van der Waals surface area contributed by atoms with Gasteiger partial charge in [-0.1, -0.05) is 6.92 Å². The second-order valence-electron chi connectivity index (χ2n) is 4.53. The van der Waals surface area contributed by atoms with E-state index in [4.69, 9.17) is 4.74 Å². The molecule has 0 bridgehead atoms. The number of nitrogens with zero attached hydrogens (tertiary/aromatic N) is 2. The summed E-state index contributed by atoms with van der Waals surface area (Å²) >= 11 is 1.69. The molecular weight excluding hydrogens is 286 g/mol. The normalized spacial score (nSPS) is 10.4. The molecule has 0 atom stereocenters. The van der Waals surface area contributed by atoms with Crippen LogP contribution in [-0.2, 0) is 12.8 Å². The number of aromatic nitrogens is 2. The minimum Gasteiger partial charge on any atom is -0.480 e. The fraction of sp³-hybridized carbons (Fsp3) is 0.400. The van der Waals surface area contributed by atoms with Gasteiger partial charge in [-0.25, -0.2) is 9.97 Å². The predicted octanol–water partition coefficient (Wildman–Crippen LogP) is 2.39. The SMILES string of the molecule is CCc1nc(CCNC(=O)c2cccnc2OC)sc1C. The van der Waals surface area contributed by atoms with E-state index in [0.717, 1.165) is 23.5 Å². The van der Waals surface area contributed by atoms with Gasteiger partial charge in [0.1, 0.15) is 5.56 Å². The first-order chi connectivity index (χ1) is 10.2. The van der Waals surface area contributed by atoms with Gasteiger partial charge in [0.25, 0.3) is 5.91 Å². The van der Waals surface area contributed by atoms with Gasteiger partial charge in [0.05, 0.1) is 17.8 Å². The van der Waals surface area contributed by atoms with Crippen molar-refractivity contribution in [3.05, 3.63) is 39.5 Å². The summed E-state index contributed by atoms with van der Waals surface area (Å²) in [5.41, 5.74) is 1.60. The number of hydrogen-bond donors (Lipinski definition) is 1. The molecule has 0 saturated heterocycles. The van der Waals surface area contributed by atoms with E-state index in [9.17, 15) is 4.79 Å². The van der Waals surface area contributed by atoms with E-state index in [0.29, 0.717) is 18.0 Å². The molecule has 0 aliphatic carbocycles. The molecule has 0 aliphatic rings. The number of nitrogens with one attached hydrogen (secondary N) is 1. The third-order valence-electron chi connectivity index (χ3n) is 3.11. The third-order valence-corrected chi connectivity index (χ3v) is 4.18. The lowest BCUT2D eigenvalue weighted by molar-refractivity contribution is 0.0950. The van der Waals surface area contributed by atoms with Crippen molar-refractivity contribution < 1.29 is 9.53 Å². The van der Waals surface area contributed by atoms with Crippen LogP contribution in [0.3, 0.4) is 0 Å². The Morgan fingerprint density at radius 3 is 2.95 bits per heavy atom. The molecule has 0 unspecified atom stereocenters. The molecule has 0 spiro atoms. The van der Waals surface area contributed by atoms with E-state index in [1.807, 2.05) is 0 Å². The molecule has 5 nitrogen and oxygen atoms in total. The predicted molar refractivity (Wildman–Crippen MR) is 83.1 cm³/mol. The molecule has 2 heterocycles. The summed E-state index contributed by atoms with van der Waals surface area (Å²) in [5.74, 6) is 0.164. The van der Waals surface area contributed by atoms with Crippen molar-refractivity contribution in [3.63, 3.8) is 0 Å². The van der Waals surface area contributed by atoms with Gasteiger partial charge in [0, 0.05) is 24.0 Å². The van der Waals surface area contributed by atoms with Crippen LogP contribution in [-0.4, -0.2) is 29.5 Å². The van der Waals surface area contributed by atoms with E-state index in [2.05, 4.69) is 29.1 Å². The summed E-state index contributed by atoms with van der Waals surface area (Å²) in [6.45, 7) is 4.73. The zero-order valence-electron chi connectivity index (χ0n) is 12.5.